The Morgan fingerprint density at radius 2 is 1.71 bits per heavy atom. The molecule has 1 amide bonds. The van der Waals surface area contributed by atoms with E-state index in [1.54, 1.807) is 0 Å². The van der Waals surface area contributed by atoms with E-state index in [4.69, 9.17) is 17.3 Å². The van der Waals surface area contributed by atoms with Crippen molar-refractivity contribution in [1.29, 1.82) is 0 Å². The largest absolute Gasteiger partial charge is 0.366 e. The molecular weight excluding hydrogens is 214 g/mol. The predicted molar refractivity (Wildman–Crippen MR) is 59.6 cm³/mol. The number of amides is 1. The highest BCUT2D eigenvalue weighted by atomic mass is 35.5. The fraction of sp³-hybridized carbons (Fsp3) is 0.300. The summed E-state index contributed by atoms with van der Waals surface area (Å²) in [6.45, 7) is 5.77. The molecule has 14 heavy (non-hydrogen) atoms. The molecule has 0 aliphatic rings. The van der Waals surface area contributed by atoms with E-state index >= 15 is 0 Å². The van der Waals surface area contributed by atoms with E-state index in [0.29, 0.717) is 15.8 Å². The second kappa shape index (κ2) is 3.75. The zero-order valence-electron chi connectivity index (χ0n) is 8.36. The van der Waals surface area contributed by atoms with Crippen molar-refractivity contribution in [3.8, 4) is 0 Å². The number of rotatable bonds is 1. The summed E-state index contributed by atoms with van der Waals surface area (Å²) in [4.78, 5) is 11.2. The highest BCUT2D eigenvalue weighted by Crippen LogP contribution is 2.24. The van der Waals surface area contributed by atoms with Gasteiger partial charge in [-0.3, -0.25) is 4.79 Å². The van der Waals surface area contributed by atoms with E-state index in [9.17, 15) is 4.79 Å². The normalized spacial score (nSPS) is 10.4. The molecule has 0 aromatic heterocycles. The lowest BCUT2D eigenvalue weighted by molar-refractivity contribution is 0.100. The quantitative estimate of drug-likeness (QED) is 0.715. The third kappa shape index (κ3) is 1.57. The Labute approximate surface area is 91.9 Å². The summed E-state index contributed by atoms with van der Waals surface area (Å²) in [5.74, 6) is -0.508. The van der Waals surface area contributed by atoms with Gasteiger partial charge in [0.1, 0.15) is 0 Å². The van der Waals surface area contributed by atoms with Crippen molar-refractivity contribution in [3.05, 3.63) is 27.3 Å². The highest BCUT2D eigenvalue weighted by Gasteiger charge is 2.16. The van der Waals surface area contributed by atoms with Crippen LogP contribution in [0.1, 0.15) is 27.0 Å². The van der Waals surface area contributed by atoms with Gasteiger partial charge in [-0.05, 0) is 37.5 Å². The third-order valence-corrected chi connectivity index (χ3v) is 3.64. The van der Waals surface area contributed by atoms with Gasteiger partial charge in [0.05, 0.1) is 20.8 Å². The molecular formula is C10H11ClNOSi. The van der Waals surface area contributed by atoms with Crippen molar-refractivity contribution >= 4 is 32.9 Å². The van der Waals surface area contributed by atoms with Crippen LogP contribution in [0.3, 0.4) is 0 Å². The number of carbonyl (C=O) groups excluding carboxylic acids is 1. The molecule has 1 rings (SSSR count). The summed E-state index contributed by atoms with van der Waals surface area (Å²) in [6.07, 6.45) is 0. The average Bonchev–Trinajstić information content (AvgIpc) is 2.11. The third-order valence-electron chi connectivity index (χ3n) is 2.55. The smallest absolute Gasteiger partial charge is 0.250 e. The van der Waals surface area contributed by atoms with Gasteiger partial charge in [-0.25, -0.2) is 0 Å². The van der Waals surface area contributed by atoms with Crippen LogP contribution in [0.2, 0.25) is 5.02 Å². The molecule has 0 aliphatic carbocycles. The summed E-state index contributed by atoms with van der Waals surface area (Å²) < 4.78 is 0. The van der Waals surface area contributed by atoms with E-state index in [1.807, 2.05) is 20.8 Å². The van der Waals surface area contributed by atoms with Gasteiger partial charge in [0.25, 0.3) is 0 Å². The Morgan fingerprint density at radius 3 is 2.14 bits per heavy atom. The molecule has 2 N–H and O–H groups in total. The van der Waals surface area contributed by atoms with Crippen molar-refractivity contribution in [2.24, 2.45) is 5.73 Å². The van der Waals surface area contributed by atoms with Gasteiger partial charge < -0.3 is 5.73 Å². The second-order valence-corrected chi connectivity index (χ2v) is 4.18. The lowest BCUT2D eigenvalue weighted by atomic mass is 10.00. The number of primary amides is 1. The van der Waals surface area contributed by atoms with Crippen molar-refractivity contribution in [1.82, 2.24) is 0 Å². The van der Waals surface area contributed by atoms with Crippen LogP contribution in [0.15, 0.2) is 0 Å². The predicted octanol–water partition coefficient (Wildman–Crippen LogP) is 1.16. The molecule has 0 unspecified atom stereocenters. The maximum atomic E-state index is 11.2. The van der Waals surface area contributed by atoms with Crippen LogP contribution in [0, 0.1) is 20.8 Å². The molecule has 0 saturated heterocycles. The summed E-state index contributed by atoms with van der Waals surface area (Å²) in [5.41, 5.74) is 8.59. The summed E-state index contributed by atoms with van der Waals surface area (Å²) in [5, 5.41) is 1.12. The minimum Gasteiger partial charge on any atom is -0.366 e. The number of hydrogen-bond donors (Lipinski definition) is 1. The van der Waals surface area contributed by atoms with Gasteiger partial charge in [0, 0.05) is 0 Å². The van der Waals surface area contributed by atoms with Gasteiger partial charge >= 0.3 is 0 Å². The summed E-state index contributed by atoms with van der Waals surface area (Å²) in [6, 6.07) is 0. The van der Waals surface area contributed by atoms with Crippen LogP contribution in [-0.2, 0) is 0 Å². The Bertz CT molecular complexity index is 386. The van der Waals surface area contributed by atoms with Gasteiger partial charge in [-0.15, -0.1) is 0 Å². The van der Waals surface area contributed by atoms with E-state index in [0.717, 1.165) is 16.7 Å². The standard InChI is InChI=1S/C10H11ClNOSi/c1-4-5(2)8(11)7(10(12)13)9(14)6(4)3/h1-3H3,(H2,12,13). The highest BCUT2D eigenvalue weighted by molar-refractivity contribution is 6.43. The minimum absolute atomic E-state index is 0.365. The second-order valence-electron chi connectivity index (χ2n) is 3.30. The van der Waals surface area contributed by atoms with Gasteiger partial charge in [-0.2, -0.15) is 0 Å². The van der Waals surface area contributed by atoms with Crippen LogP contribution < -0.4 is 10.9 Å². The monoisotopic (exact) mass is 224 g/mol. The molecule has 1 aromatic carbocycles. The maximum absolute atomic E-state index is 11.2. The van der Waals surface area contributed by atoms with E-state index in [-0.39, 0.29) is 0 Å². The number of halogens is 1. The van der Waals surface area contributed by atoms with Gasteiger partial charge in [0.2, 0.25) is 5.91 Å². The molecule has 4 heteroatoms. The first-order chi connectivity index (χ1) is 6.37. The number of benzene rings is 1. The maximum Gasteiger partial charge on any atom is 0.250 e. The fourth-order valence-electron chi connectivity index (χ4n) is 1.35. The number of nitrogens with two attached hydrogens (primary N) is 1. The molecule has 2 nitrogen and oxygen atoms in total. The Balaban J connectivity index is 3.68. The first-order valence-corrected chi connectivity index (χ1v) is 5.06. The van der Waals surface area contributed by atoms with E-state index < -0.39 is 5.91 Å². The Kier molecular flexibility index (Phi) is 3.02. The van der Waals surface area contributed by atoms with E-state index in [2.05, 4.69) is 10.2 Å². The Morgan fingerprint density at radius 1 is 1.21 bits per heavy atom. The van der Waals surface area contributed by atoms with Crippen molar-refractivity contribution in [3.63, 3.8) is 0 Å². The van der Waals surface area contributed by atoms with Crippen LogP contribution >= 0.6 is 11.6 Å². The number of hydrogen-bond acceptors (Lipinski definition) is 1. The molecule has 3 radical (unpaired) electrons. The SMILES string of the molecule is Cc1c(C)c([Si])c(C(N)=O)c(Cl)c1C. The zero-order valence-corrected chi connectivity index (χ0v) is 10.1. The lowest BCUT2D eigenvalue weighted by Gasteiger charge is -2.14. The topological polar surface area (TPSA) is 43.1 Å². The molecule has 0 aliphatic heterocycles. The summed E-state index contributed by atoms with van der Waals surface area (Å²) in [7, 11) is 3.39. The average molecular weight is 225 g/mol. The van der Waals surface area contributed by atoms with Crippen LogP contribution in [-0.4, -0.2) is 16.1 Å². The van der Waals surface area contributed by atoms with Gasteiger partial charge in [0.15, 0.2) is 0 Å². The molecule has 0 heterocycles. The van der Waals surface area contributed by atoms with Crippen molar-refractivity contribution < 1.29 is 4.79 Å². The summed E-state index contributed by atoms with van der Waals surface area (Å²) >= 11 is 6.04. The fourth-order valence-corrected chi connectivity index (χ4v) is 2.19. The number of carbonyl (C=O) groups is 1. The molecule has 0 bridgehead atoms. The van der Waals surface area contributed by atoms with Gasteiger partial charge in [-0.1, -0.05) is 16.8 Å². The van der Waals surface area contributed by atoms with Crippen molar-refractivity contribution in [2.75, 3.05) is 0 Å². The molecule has 0 fully saturated rings. The zero-order chi connectivity index (χ0) is 11.0. The molecule has 1 aromatic rings. The van der Waals surface area contributed by atoms with E-state index in [1.165, 1.54) is 0 Å². The molecule has 0 spiro atoms. The molecule has 0 atom stereocenters. The lowest BCUT2D eigenvalue weighted by Crippen LogP contribution is -2.26. The first-order valence-electron chi connectivity index (χ1n) is 4.18. The Hall–Kier alpha value is -0.803. The first kappa shape index (κ1) is 11.3. The minimum atomic E-state index is -0.508. The van der Waals surface area contributed by atoms with Crippen LogP contribution in [0.4, 0.5) is 0 Å². The van der Waals surface area contributed by atoms with Crippen LogP contribution in [0.5, 0.6) is 0 Å². The molecule has 0 saturated carbocycles. The van der Waals surface area contributed by atoms with Crippen molar-refractivity contribution in [2.45, 2.75) is 20.8 Å². The van der Waals surface area contributed by atoms with Crippen LogP contribution in [0.25, 0.3) is 0 Å². The molecule has 73 valence electrons.